The number of aliphatic hydroxyl groups excluding tert-OH is 1. The Balaban J connectivity index is 1.48. The number of carbonyl (C=O) groups excluding carboxylic acids is 1. The molecule has 2 atom stereocenters. The molecule has 1 amide bonds. The summed E-state index contributed by atoms with van der Waals surface area (Å²) in [7, 11) is 1.54. The Morgan fingerprint density at radius 3 is 2.91 bits per heavy atom. The van der Waals surface area contributed by atoms with Crippen LogP contribution in [0.1, 0.15) is 19.0 Å². The minimum Gasteiger partial charge on any atom is -0.391 e. The standard InChI is InChI=1S/C23H25BrN4O3S2/c1-23(31-2,21(30)28-9-8-17(29)13-28)11-16-14-32-22(26-16)27-20-19(10-15(24)12-25-20)33-18-6-4-3-5-7-18/h3-7,10,12,14,17,29H,8-9,11,13H2,1-2H3,(H,25,26,27)/t17-,23?/m1/s1. The average Bonchev–Trinajstić information content (AvgIpc) is 3.44. The minimum absolute atomic E-state index is 0.125. The number of aromatic nitrogens is 2. The van der Waals surface area contributed by atoms with Crippen LogP contribution < -0.4 is 5.32 Å². The van der Waals surface area contributed by atoms with E-state index in [0.717, 1.165) is 20.0 Å². The zero-order valence-corrected chi connectivity index (χ0v) is 21.5. The molecule has 7 nitrogen and oxygen atoms in total. The van der Waals surface area contributed by atoms with Gasteiger partial charge in [0.2, 0.25) is 0 Å². The predicted molar refractivity (Wildman–Crippen MR) is 134 cm³/mol. The minimum atomic E-state index is -1.04. The molecule has 2 N–H and O–H groups in total. The Hall–Kier alpha value is -1.98. The number of nitrogens with one attached hydrogen (secondary N) is 1. The van der Waals surface area contributed by atoms with Crippen molar-refractivity contribution in [2.75, 3.05) is 25.5 Å². The van der Waals surface area contributed by atoms with Gasteiger partial charge in [0.15, 0.2) is 5.13 Å². The number of rotatable bonds is 8. The van der Waals surface area contributed by atoms with Gasteiger partial charge in [-0.05, 0) is 47.5 Å². The summed E-state index contributed by atoms with van der Waals surface area (Å²) in [6.07, 6.45) is 2.22. The number of pyridine rings is 1. The van der Waals surface area contributed by atoms with Crippen LogP contribution in [0.4, 0.5) is 10.9 Å². The molecule has 0 aliphatic carbocycles. The Kier molecular flexibility index (Phi) is 7.70. The van der Waals surface area contributed by atoms with Crippen LogP contribution in [0, 0.1) is 0 Å². The van der Waals surface area contributed by atoms with Crippen molar-refractivity contribution in [1.82, 2.24) is 14.9 Å². The molecular formula is C23H25BrN4O3S2. The normalized spacial score (nSPS) is 17.7. The summed E-state index contributed by atoms with van der Waals surface area (Å²) in [5.41, 5.74) is -0.283. The average molecular weight is 550 g/mol. The molecule has 0 spiro atoms. The van der Waals surface area contributed by atoms with Crippen LogP contribution in [0.25, 0.3) is 0 Å². The molecule has 2 aromatic heterocycles. The Morgan fingerprint density at radius 2 is 2.21 bits per heavy atom. The molecule has 10 heteroatoms. The third-order valence-corrected chi connectivity index (χ3v) is 7.72. The summed E-state index contributed by atoms with van der Waals surface area (Å²) in [4.78, 5) is 26.0. The van der Waals surface area contributed by atoms with E-state index in [9.17, 15) is 9.90 Å². The van der Waals surface area contributed by atoms with E-state index in [1.807, 2.05) is 29.6 Å². The van der Waals surface area contributed by atoms with Crippen molar-refractivity contribution in [2.24, 2.45) is 0 Å². The number of aliphatic hydroxyl groups is 1. The summed E-state index contributed by atoms with van der Waals surface area (Å²) < 4.78 is 6.52. The van der Waals surface area contributed by atoms with Crippen LogP contribution >= 0.6 is 39.0 Å². The number of likely N-dealkylation sites (tertiary alicyclic amines) is 1. The fraction of sp³-hybridized carbons (Fsp3) is 0.348. The van der Waals surface area contributed by atoms with Gasteiger partial charge in [-0.15, -0.1) is 11.3 Å². The maximum Gasteiger partial charge on any atom is 0.255 e. The van der Waals surface area contributed by atoms with Gasteiger partial charge in [-0.3, -0.25) is 4.79 Å². The molecule has 0 saturated carbocycles. The Morgan fingerprint density at radius 1 is 1.42 bits per heavy atom. The summed E-state index contributed by atoms with van der Waals surface area (Å²) in [5.74, 6) is 0.588. The number of hydrogen-bond acceptors (Lipinski definition) is 8. The molecule has 1 saturated heterocycles. The Bertz CT molecular complexity index is 1110. The summed E-state index contributed by atoms with van der Waals surface area (Å²) >= 11 is 6.58. The SMILES string of the molecule is COC(C)(Cc1csc(Nc2ncc(Br)cc2Sc2ccccc2)n1)C(=O)N1CC[C@@H](O)C1. The third kappa shape index (κ3) is 5.93. The molecule has 1 fully saturated rings. The zero-order valence-electron chi connectivity index (χ0n) is 18.3. The van der Waals surface area contributed by atoms with Gasteiger partial charge in [-0.1, -0.05) is 30.0 Å². The van der Waals surface area contributed by atoms with Gasteiger partial charge in [-0.25, -0.2) is 9.97 Å². The second-order valence-corrected chi connectivity index (χ2v) is 10.9. The first-order chi connectivity index (χ1) is 15.9. The smallest absolute Gasteiger partial charge is 0.255 e. The number of methoxy groups -OCH3 is 1. The van der Waals surface area contributed by atoms with Crippen molar-refractivity contribution in [1.29, 1.82) is 0 Å². The van der Waals surface area contributed by atoms with Crippen LogP contribution in [-0.2, 0) is 16.0 Å². The number of anilines is 2. The second-order valence-electron chi connectivity index (χ2n) is 7.99. The van der Waals surface area contributed by atoms with E-state index >= 15 is 0 Å². The predicted octanol–water partition coefficient (Wildman–Crippen LogP) is 4.74. The lowest BCUT2D eigenvalue weighted by Gasteiger charge is -2.30. The van der Waals surface area contributed by atoms with Crippen molar-refractivity contribution in [3.63, 3.8) is 0 Å². The van der Waals surface area contributed by atoms with E-state index in [4.69, 9.17) is 4.74 Å². The molecule has 0 bridgehead atoms. The van der Waals surface area contributed by atoms with E-state index in [1.165, 1.54) is 18.4 Å². The van der Waals surface area contributed by atoms with Gasteiger partial charge in [0, 0.05) is 47.6 Å². The highest BCUT2D eigenvalue weighted by Crippen LogP contribution is 2.36. The van der Waals surface area contributed by atoms with Gasteiger partial charge >= 0.3 is 0 Å². The number of hydrogen-bond donors (Lipinski definition) is 2. The van der Waals surface area contributed by atoms with E-state index in [1.54, 1.807) is 29.8 Å². The van der Waals surface area contributed by atoms with Crippen molar-refractivity contribution in [3.05, 3.63) is 58.1 Å². The van der Waals surface area contributed by atoms with Gasteiger partial charge in [0.05, 0.1) is 16.7 Å². The second kappa shape index (κ2) is 10.5. The first-order valence-corrected chi connectivity index (χ1v) is 13.0. The lowest BCUT2D eigenvalue weighted by Crippen LogP contribution is -2.49. The number of amides is 1. The number of benzene rings is 1. The highest BCUT2D eigenvalue weighted by molar-refractivity contribution is 9.10. The number of ether oxygens (including phenoxy) is 1. The van der Waals surface area contributed by atoms with Crippen molar-refractivity contribution in [2.45, 2.75) is 41.3 Å². The maximum atomic E-state index is 13.0. The Labute approximate surface area is 209 Å². The number of β-amino-alcohol motifs (C(OH)–C–C–N with tert-alkyl or cyclic N) is 1. The monoisotopic (exact) mass is 548 g/mol. The lowest BCUT2D eigenvalue weighted by atomic mass is 9.98. The molecule has 3 aromatic rings. The van der Waals surface area contributed by atoms with Crippen molar-refractivity contribution < 1.29 is 14.6 Å². The van der Waals surface area contributed by atoms with Gasteiger partial charge in [0.25, 0.3) is 5.91 Å². The summed E-state index contributed by atoms with van der Waals surface area (Å²) in [6, 6.07) is 12.1. The van der Waals surface area contributed by atoms with E-state index in [0.29, 0.717) is 36.9 Å². The molecule has 1 aliphatic heterocycles. The topological polar surface area (TPSA) is 87.6 Å². The molecule has 1 aliphatic rings. The van der Waals surface area contributed by atoms with Gasteiger partial charge in [-0.2, -0.15) is 0 Å². The molecule has 174 valence electrons. The highest BCUT2D eigenvalue weighted by Gasteiger charge is 2.40. The number of carbonyl (C=O) groups is 1. The number of thiazole rings is 1. The van der Waals surface area contributed by atoms with Crippen LogP contribution in [0.5, 0.6) is 0 Å². The molecule has 33 heavy (non-hydrogen) atoms. The summed E-state index contributed by atoms with van der Waals surface area (Å²) in [5, 5.41) is 15.7. The van der Waals surface area contributed by atoms with Gasteiger partial charge in [0.1, 0.15) is 11.4 Å². The molecule has 1 unspecified atom stereocenters. The van der Waals surface area contributed by atoms with Gasteiger partial charge < -0.3 is 20.1 Å². The summed E-state index contributed by atoms with van der Waals surface area (Å²) in [6.45, 7) is 2.66. The quantitative estimate of drug-likeness (QED) is 0.420. The van der Waals surface area contributed by atoms with Crippen molar-refractivity contribution in [3.8, 4) is 0 Å². The first-order valence-electron chi connectivity index (χ1n) is 10.5. The maximum absolute atomic E-state index is 13.0. The largest absolute Gasteiger partial charge is 0.391 e. The van der Waals surface area contributed by atoms with E-state index in [2.05, 4.69) is 43.3 Å². The van der Waals surface area contributed by atoms with E-state index in [-0.39, 0.29) is 5.91 Å². The van der Waals surface area contributed by atoms with Crippen LogP contribution in [0.3, 0.4) is 0 Å². The fourth-order valence-electron chi connectivity index (χ4n) is 3.60. The molecule has 4 rings (SSSR count). The van der Waals surface area contributed by atoms with Crippen LogP contribution in [-0.4, -0.2) is 57.8 Å². The number of halogens is 1. The molecular weight excluding hydrogens is 524 g/mol. The lowest BCUT2D eigenvalue weighted by molar-refractivity contribution is -0.152. The molecule has 1 aromatic carbocycles. The fourth-order valence-corrected chi connectivity index (χ4v) is 5.72. The number of nitrogens with zero attached hydrogens (tertiary/aromatic N) is 3. The van der Waals surface area contributed by atoms with Crippen LogP contribution in [0.15, 0.2) is 62.2 Å². The first kappa shape index (κ1) is 24.2. The highest BCUT2D eigenvalue weighted by atomic mass is 79.9. The molecule has 3 heterocycles. The van der Waals surface area contributed by atoms with Crippen LogP contribution in [0.2, 0.25) is 0 Å². The zero-order chi connectivity index (χ0) is 23.4. The molecule has 0 radical (unpaired) electrons. The van der Waals surface area contributed by atoms with Crippen molar-refractivity contribution >= 4 is 55.9 Å². The third-order valence-electron chi connectivity index (χ3n) is 5.44. The van der Waals surface area contributed by atoms with E-state index < -0.39 is 11.7 Å².